The molecule has 1 aromatic rings. The third kappa shape index (κ3) is 6.85. The second-order valence-corrected chi connectivity index (χ2v) is 10.1. The molecular weight excluding hydrogens is 376 g/mol. The van der Waals surface area contributed by atoms with Gasteiger partial charge in [-0.3, -0.25) is 9.59 Å². The first-order valence-electron chi connectivity index (χ1n) is 11.6. The van der Waals surface area contributed by atoms with Crippen molar-refractivity contribution in [3.63, 3.8) is 0 Å². The molecule has 0 spiro atoms. The Balaban J connectivity index is 1.79. The summed E-state index contributed by atoms with van der Waals surface area (Å²) in [4.78, 5) is 22.5. The number of aryl methyl sites for hydroxylation is 4. The first-order valence-corrected chi connectivity index (χ1v) is 11.6. The molecular formula is C26H40O4. The second-order valence-electron chi connectivity index (χ2n) is 10.1. The Kier molecular flexibility index (Phi) is 8.52. The van der Waals surface area contributed by atoms with Crippen molar-refractivity contribution in [2.45, 2.75) is 105 Å². The molecule has 0 heterocycles. The summed E-state index contributed by atoms with van der Waals surface area (Å²) in [5.41, 5.74) is 4.51. The predicted octanol–water partition coefficient (Wildman–Crippen LogP) is 6.48. The largest absolute Gasteiger partial charge is 0.481 e. The Morgan fingerprint density at radius 1 is 0.867 bits per heavy atom. The van der Waals surface area contributed by atoms with Gasteiger partial charge < -0.3 is 10.2 Å². The highest BCUT2D eigenvalue weighted by molar-refractivity contribution is 5.77. The monoisotopic (exact) mass is 416 g/mol. The molecule has 0 bridgehead atoms. The van der Waals surface area contributed by atoms with Crippen molar-refractivity contribution in [2.75, 3.05) is 0 Å². The highest BCUT2D eigenvalue weighted by Gasteiger charge is 2.49. The summed E-state index contributed by atoms with van der Waals surface area (Å²) in [6, 6.07) is 4.66. The fraction of sp³-hybridized carbons (Fsp3) is 0.692. The van der Waals surface area contributed by atoms with Crippen LogP contribution >= 0.6 is 0 Å². The van der Waals surface area contributed by atoms with E-state index >= 15 is 0 Å². The van der Waals surface area contributed by atoms with E-state index in [2.05, 4.69) is 26.0 Å². The summed E-state index contributed by atoms with van der Waals surface area (Å²) in [5, 5.41) is 18.5. The zero-order valence-electron chi connectivity index (χ0n) is 19.4. The fourth-order valence-electron chi connectivity index (χ4n) is 4.24. The minimum absolute atomic E-state index is 0.388. The lowest BCUT2D eigenvalue weighted by Crippen LogP contribution is -2.23. The molecule has 1 aliphatic carbocycles. The first-order chi connectivity index (χ1) is 14.1. The molecule has 1 fully saturated rings. The number of aliphatic carboxylic acids is 2. The molecule has 2 rings (SSSR count). The minimum atomic E-state index is -0.713. The summed E-state index contributed by atoms with van der Waals surface area (Å²) in [6.07, 6.45) is 11.7. The number of hydrogen-bond donors (Lipinski definition) is 2. The molecule has 0 radical (unpaired) electrons. The number of carboxylic acid groups (broad SMARTS) is 2. The van der Waals surface area contributed by atoms with Gasteiger partial charge in [0, 0.05) is 0 Å². The van der Waals surface area contributed by atoms with Crippen LogP contribution in [0.3, 0.4) is 0 Å². The molecule has 4 heteroatoms. The van der Waals surface area contributed by atoms with Gasteiger partial charge in [0.05, 0.1) is 10.8 Å². The van der Waals surface area contributed by atoms with Crippen molar-refractivity contribution in [2.24, 2.45) is 10.8 Å². The maximum Gasteiger partial charge on any atom is 0.309 e. The molecule has 0 unspecified atom stereocenters. The molecule has 0 aromatic heterocycles. The predicted molar refractivity (Wildman–Crippen MR) is 121 cm³/mol. The van der Waals surface area contributed by atoms with Gasteiger partial charge in [-0.15, -0.1) is 0 Å². The van der Waals surface area contributed by atoms with Gasteiger partial charge in [0.1, 0.15) is 0 Å². The van der Waals surface area contributed by atoms with Crippen molar-refractivity contribution < 1.29 is 19.8 Å². The number of carboxylic acids is 2. The van der Waals surface area contributed by atoms with Crippen LogP contribution in [0.15, 0.2) is 12.1 Å². The van der Waals surface area contributed by atoms with Gasteiger partial charge in [-0.05, 0) is 101 Å². The Hall–Kier alpha value is -1.84. The number of unbranched alkanes of at least 4 members (excludes halogenated alkanes) is 4. The number of rotatable bonds is 14. The summed E-state index contributed by atoms with van der Waals surface area (Å²) in [5.74, 6) is -1.32. The van der Waals surface area contributed by atoms with Crippen LogP contribution < -0.4 is 0 Å². The van der Waals surface area contributed by atoms with Crippen LogP contribution in [0, 0.1) is 24.7 Å². The molecule has 30 heavy (non-hydrogen) atoms. The average molecular weight is 417 g/mol. The molecule has 0 aliphatic heterocycles. The SMILES string of the molecule is Cc1cc(CCCCCC(C)(C)C(=O)O)c(CCCCCC2(C(=O)O)CC2)cc1C. The van der Waals surface area contributed by atoms with E-state index in [0.29, 0.717) is 0 Å². The Morgan fingerprint density at radius 3 is 1.80 bits per heavy atom. The topological polar surface area (TPSA) is 74.6 Å². The van der Waals surface area contributed by atoms with Gasteiger partial charge in [-0.25, -0.2) is 0 Å². The lowest BCUT2D eigenvalue weighted by Gasteiger charge is -2.18. The van der Waals surface area contributed by atoms with Crippen molar-refractivity contribution in [1.82, 2.24) is 0 Å². The minimum Gasteiger partial charge on any atom is -0.481 e. The van der Waals surface area contributed by atoms with Gasteiger partial charge in [0.25, 0.3) is 0 Å². The highest BCUT2D eigenvalue weighted by Crippen LogP contribution is 2.50. The van der Waals surface area contributed by atoms with E-state index in [0.717, 1.165) is 77.0 Å². The quantitative estimate of drug-likeness (QED) is 0.340. The summed E-state index contributed by atoms with van der Waals surface area (Å²) in [7, 11) is 0. The molecule has 0 atom stereocenters. The molecule has 1 saturated carbocycles. The van der Waals surface area contributed by atoms with E-state index in [9.17, 15) is 19.8 Å². The third-order valence-corrected chi connectivity index (χ3v) is 7.05. The van der Waals surface area contributed by atoms with Crippen LogP contribution in [0.5, 0.6) is 0 Å². The molecule has 1 aliphatic rings. The van der Waals surface area contributed by atoms with Crippen LogP contribution in [0.1, 0.15) is 100 Å². The van der Waals surface area contributed by atoms with E-state index in [4.69, 9.17) is 0 Å². The standard InChI is InChI=1S/C26H40O4/c1-19-17-21(11-7-5-9-13-25(3,4)23(27)28)22(18-20(19)2)12-8-6-10-14-26(15-16-26)24(29)30/h17-18H,5-16H2,1-4H3,(H,27,28)(H,29,30). The second kappa shape index (κ2) is 10.5. The lowest BCUT2D eigenvalue weighted by molar-refractivity contribution is -0.147. The molecule has 1 aromatic carbocycles. The zero-order valence-corrected chi connectivity index (χ0v) is 19.4. The van der Waals surface area contributed by atoms with Crippen LogP contribution in [0.25, 0.3) is 0 Å². The van der Waals surface area contributed by atoms with E-state index in [-0.39, 0.29) is 5.41 Å². The average Bonchev–Trinajstić information content (AvgIpc) is 3.45. The Bertz CT molecular complexity index is 693. The van der Waals surface area contributed by atoms with Gasteiger partial charge in [-0.2, -0.15) is 0 Å². The van der Waals surface area contributed by atoms with Crippen molar-refractivity contribution in [3.05, 3.63) is 34.4 Å². The zero-order chi connectivity index (χ0) is 22.4. The smallest absolute Gasteiger partial charge is 0.309 e. The fourth-order valence-corrected chi connectivity index (χ4v) is 4.24. The van der Waals surface area contributed by atoms with Gasteiger partial charge in [0.2, 0.25) is 0 Å². The van der Waals surface area contributed by atoms with Crippen LogP contribution in [-0.2, 0) is 22.4 Å². The maximum atomic E-state index is 11.3. The summed E-state index contributed by atoms with van der Waals surface area (Å²) >= 11 is 0. The third-order valence-electron chi connectivity index (χ3n) is 7.05. The number of carbonyl (C=O) groups is 2. The molecule has 4 nitrogen and oxygen atoms in total. The molecule has 2 N–H and O–H groups in total. The van der Waals surface area contributed by atoms with Gasteiger partial charge in [-0.1, -0.05) is 37.8 Å². The normalized spacial score (nSPS) is 15.2. The van der Waals surface area contributed by atoms with Crippen LogP contribution in [0.2, 0.25) is 0 Å². The van der Waals surface area contributed by atoms with Gasteiger partial charge in [0.15, 0.2) is 0 Å². The Morgan fingerprint density at radius 2 is 1.37 bits per heavy atom. The lowest BCUT2D eigenvalue weighted by atomic mass is 9.86. The number of hydrogen-bond acceptors (Lipinski definition) is 2. The van der Waals surface area contributed by atoms with Crippen LogP contribution in [0.4, 0.5) is 0 Å². The van der Waals surface area contributed by atoms with E-state index in [1.165, 1.54) is 22.3 Å². The molecule has 168 valence electrons. The molecule has 0 saturated heterocycles. The maximum absolute atomic E-state index is 11.3. The van der Waals surface area contributed by atoms with Crippen molar-refractivity contribution in [1.29, 1.82) is 0 Å². The number of benzene rings is 1. The van der Waals surface area contributed by atoms with E-state index in [1.54, 1.807) is 13.8 Å². The van der Waals surface area contributed by atoms with Gasteiger partial charge >= 0.3 is 11.9 Å². The van der Waals surface area contributed by atoms with Crippen LogP contribution in [-0.4, -0.2) is 22.2 Å². The van der Waals surface area contributed by atoms with E-state index < -0.39 is 17.4 Å². The van der Waals surface area contributed by atoms with E-state index in [1.807, 2.05) is 0 Å². The van der Waals surface area contributed by atoms with Crippen molar-refractivity contribution in [3.8, 4) is 0 Å². The van der Waals surface area contributed by atoms with Crippen molar-refractivity contribution >= 4 is 11.9 Å². The first kappa shape index (κ1) is 24.4. The summed E-state index contributed by atoms with van der Waals surface area (Å²) in [6.45, 7) is 7.94. The Labute approximate surface area is 182 Å². The highest BCUT2D eigenvalue weighted by atomic mass is 16.4. The molecule has 0 amide bonds. The summed E-state index contributed by atoms with van der Waals surface area (Å²) < 4.78 is 0.